The van der Waals surface area contributed by atoms with Crippen molar-refractivity contribution in [3.8, 4) is 0 Å². The molecular weight excluding hydrogens is 473 g/mol. The fourth-order valence-electron chi connectivity index (χ4n) is 5.14. The van der Waals surface area contributed by atoms with Gasteiger partial charge in [-0.25, -0.2) is 0 Å². The van der Waals surface area contributed by atoms with Crippen LogP contribution >= 0.6 is 0 Å². The summed E-state index contributed by atoms with van der Waals surface area (Å²) in [4.78, 5) is 0. The smallest absolute Gasteiger partial charge is 0.165 e. The topological polar surface area (TPSA) is 0 Å². The second-order valence-corrected chi connectivity index (χ2v) is 10.7. The monoisotopic (exact) mass is 500 g/mol. The van der Waals surface area contributed by atoms with E-state index in [2.05, 4.69) is 140 Å². The molecule has 0 unspecified atom stereocenters. The van der Waals surface area contributed by atoms with Crippen LogP contribution in [0.15, 0.2) is 127 Å². The molecule has 0 atom stereocenters. The standard InChI is InChI=1S/C21H17Si.C14H11.Mg/c1-2-6-16(7-3-1)14-22-15-17-12-19-11-10-18-8-4-5-9-20(18)21(19)13-17;1-10-8-12-7-6-11-4-2-3-5-13(11)14(12)9-10;/h1-13,15,22H,14H2;2-9H,1H3;/q2*-1;+2. The molecule has 0 radical (unpaired) electrons. The van der Waals surface area contributed by atoms with Gasteiger partial charge in [-0.3, -0.25) is 0 Å². The van der Waals surface area contributed by atoms with E-state index in [4.69, 9.17) is 0 Å². The van der Waals surface area contributed by atoms with Gasteiger partial charge in [-0.2, -0.15) is 6.07 Å². The first kappa shape index (κ1) is 25.3. The van der Waals surface area contributed by atoms with Crippen molar-refractivity contribution < 1.29 is 0 Å². The zero-order chi connectivity index (χ0) is 24.3. The van der Waals surface area contributed by atoms with E-state index < -0.39 is 0 Å². The summed E-state index contributed by atoms with van der Waals surface area (Å²) < 4.78 is 0. The first-order chi connectivity index (χ1) is 17.7. The maximum Gasteiger partial charge on any atom is 2.00 e. The van der Waals surface area contributed by atoms with Crippen LogP contribution in [0.1, 0.15) is 16.7 Å². The van der Waals surface area contributed by atoms with Gasteiger partial charge < -0.3 is 0 Å². The van der Waals surface area contributed by atoms with Gasteiger partial charge in [0.15, 0.2) is 0 Å². The number of aryl methyl sites for hydroxylation is 1. The Morgan fingerprint density at radius 2 is 1.14 bits per heavy atom. The molecule has 0 saturated heterocycles. The van der Waals surface area contributed by atoms with Gasteiger partial charge in [0.1, 0.15) is 0 Å². The van der Waals surface area contributed by atoms with Crippen LogP contribution in [-0.4, -0.2) is 37.9 Å². The van der Waals surface area contributed by atoms with Crippen LogP contribution in [0.25, 0.3) is 43.1 Å². The predicted octanol–water partition coefficient (Wildman–Crippen LogP) is 8.14. The fourth-order valence-corrected chi connectivity index (χ4v) is 6.27. The van der Waals surface area contributed by atoms with E-state index in [0.717, 1.165) is 0 Å². The number of fused-ring (bicyclic) bond motifs is 6. The molecule has 2 heteroatoms. The Morgan fingerprint density at radius 3 is 1.81 bits per heavy atom. The average molecular weight is 501 g/mol. The second-order valence-electron chi connectivity index (χ2n) is 9.49. The molecule has 0 aliphatic rings. The Hall–Kier alpha value is -3.31. The molecule has 0 spiro atoms. The molecule has 0 heterocycles. The number of rotatable bonds is 3. The van der Waals surface area contributed by atoms with E-state index in [1.54, 1.807) is 0 Å². The van der Waals surface area contributed by atoms with Crippen molar-refractivity contribution in [3.05, 3.63) is 144 Å². The van der Waals surface area contributed by atoms with Crippen LogP contribution in [0.2, 0.25) is 0 Å². The summed E-state index contributed by atoms with van der Waals surface area (Å²) in [6.07, 6.45) is 0. The average Bonchev–Trinajstić information content (AvgIpc) is 3.52. The van der Waals surface area contributed by atoms with E-state index in [1.165, 1.54) is 65.8 Å². The molecule has 0 amide bonds. The van der Waals surface area contributed by atoms with Crippen LogP contribution in [0.3, 0.4) is 0 Å². The van der Waals surface area contributed by atoms with E-state index in [9.17, 15) is 0 Å². The Bertz CT molecular complexity index is 1820. The third kappa shape index (κ3) is 5.52. The van der Waals surface area contributed by atoms with Crippen molar-refractivity contribution in [2.75, 3.05) is 0 Å². The second kappa shape index (κ2) is 11.4. The van der Waals surface area contributed by atoms with Crippen LogP contribution in [0.5, 0.6) is 0 Å². The van der Waals surface area contributed by atoms with E-state index >= 15 is 0 Å². The summed E-state index contributed by atoms with van der Waals surface area (Å²) in [6.45, 7) is 2.15. The Kier molecular flexibility index (Phi) is 7.80. The van der Waals surface area contributed by atoms with Gasteiger partial charge in [-0.1, -0.05) is 126 Å². The quantitative estimate of drug-likeness (QED) is 0.170. The molecule has 0 saturated carbocycles. The molecule has 0 nitrogen and oxygen atoms in total. The molecule has 0 aromatic heterocycles. The number of hydrogen-bond donors (Lipinski definition) is 0. The minimum atomic E-state index is 0. The van der Waals surface area contributed by atoms with E-state index in [1.807, 2.05) is 0 Å². The molecule has 0 fully saturated rings. The van der Waals surface area contributed by atoms with Crippen molar-refractivity contribution in [1.82, 2.24) is 0 Å². The minimum absolute atomic E-state index is 0. The van der Waals surface area contributed by atoms with Gasteiger partial charge in [0.2, 0.25) is 0 Å². The Morgan fingerprint density at radius 1 is 0.595 bits per heavy atom. The molecule has 0 N–H and O–H groups in total. The van der Waals surface area contributed by atoms with Gasteiger partial charge in [-0.15, -0.1) is 62.6 Å². The van der Waals surface area contributed by atoms with Crippen molar-refractivity contribution >= 4 is 80.9 Å². The molecule has 0 aliphatic carbocycles. The van der Waals surface area contributed by atoms with Crippen molar-refractivity contribution in [1.29, 1.82) is 0 Å². The Labute approximate surface area is 236 Å². The molecule has 7 aromatic rings. The molecule has 0 bridgehead atoms. The van der Waals surface area contributed by atoms with Crippen molar-refractivity contribution in [2.24, 2.45) is 0 Å². The Balaban J connectivity index is 0.000000161. The first-order valence-electron chi connectivity index (χ1n) is 12.6. The normalized spacial score (nSPS) is 11.2. The SMILES string of the molecule is C(=[SiH]Cc1ccccc1)c1cc2ccc3ccccc3c2[cH-]1.Cc1cc2ccc3ccccc3c2[cH-]1.[Mg+2]. The van der Waals surface area contributed by atoms with Gasteiger partial charge in [0.05, 0.1) is 0 Å². The van der Waals surface area contributed by atoms with Crippen LogP contribution in [0, 0.1) is 6.92 Å². The maximum atomic E-state index is 2.43. The van der Waals surface area contributed by atoms with E-state index in [-0.39, 0.29) is 23.1 Å². The fraction of sp³-hybridized carbons (Fsp3) is 0.0571. The largest absolute Gasteiger partial charge is 2.00 e. The van der Waals surface area contributed by atoms with Crippen LogP contribution < -0.4 is 0 Å². The van der Waals surface area contributed by atoms with Crippen molar-refractivity contribution in [3.63, 3.8) is 0 Å². The summed E-state index contributed by atoms with van der Waals surface area (Å²) in [5, 5.41) is 10.8. The van der Waals surface area contributed by atoms with Crippen LogP contribution in [0.4, 0.5) is 0 Å². The minimum Gasteiger partial charge on any atom is -0.165 e. The predicted molar refractivity (Wildman–Crippen MR) is 167 cm³/mol. The van der Waals surface area contributed by atoms with Crippen molar-refractivity contribution in [2.45, 2.75) is 13.0 Å². The van der Waals surface area contributed by atoms with E-state index in [0.29, 0.717) is 9.13 Å². The summed E-state index contributed by atoms with van der Waals surface area (Å²) >= 11 is 0. The number of benzene rings is 5. The molecule has 174 valence electrons. The first-order valence-corrected chi connectivity index (χ1v) is 14.1. The molecule has 0 aliphatic heterocycles. The van der Waals surface area contributed by atoms with Crippen LogP contribution in [-0.2, 0) is 6.04 Å². The van der Waals surface area contributed by atoms with Gasteiger partial charge in [0.25, 0.3) is 0 Å². The number of hydrogen-bond acceptors (Lipinski definition) is 0. The molecule has 37 heavy (non-hydrogen) atoms. The summed E-state index contributed by atoms with van der Waals surface area (Å²) in [7, 11) is 0.308. The third-order valence-electron chi connectivity index (χ3n) is 6.90. The van der Waals surface area contributed by atoms with Gasteiger partial charge in [0, 0.05) is 0 Å². The molecule has 7 rings (SSSR count). The molecule has 7 aromatic carbocycles. The summed E-state index contributed by atoms with van der Waals surface area (Å²) in [6, 6.07) is 47.1. The van der Waals surface area contributed by atoms with Gasteiger partial charge in [-0.05, 0) is 20.7 Å². The molecular formula is C35H28MgSi. The maximum absolute atomic E-state index is 2.43. The zero-order valence-electron chi connectivity index (χ0n) is 21.2. The summed E-state index contributed by atoms with van der Waals surface area (Å²) in [5.74, 6) is 0. The third-order valence-corrected chi connectivity index (χ3v) is 8.23. The zero-order valence-corrected chi connectivity index (χ0v) is 23.8. The van der Waals surface area contributed by atoms with Gasteiger partial charge >= 0.3 is 23.1 Å². The summed E-state index contributed by atoms with van der Waals surface area (Å²) in [5.41, 5.74) is 6.59.